The summed E-state index contributed by atoms with van der Waals surface area (Å²) in [7, 11) is -3.44. The van der Waals surface area contributed by atoms with E-state index in [9.17, 15) is 8.42 Å². The van der Waals surface area contributed by atoms with Crippen molar-refractivity contribution in [3.8, 4) is 0 Å². The standard InChI is InChI=1S/C13H25N3O2S2/c1-5-16(6-2)12(13-8-7-9-19-13)10-14-20(17,18)15-11(3)4/h7-9,11-12,14-15H,5-6,10H2,1-4H3. The Balaban J connectivity index is 2.76. The van der Waals surface area contributed by atoms with Gasteiger partial charge in [0.1, 0.15) is 0 Å². The first kappa shape index (κ1) is 17.6. The molecule has 0 aliphatic heterocycles. The Labute approximate surface area is 126 Å². The van der Waals surface area contributed by atoms with Crippen LogP contribution in [-0.4, -0.2) is 39.0 Å². The number of hydrogen-bond donors (Lipinski definition) is 2. The van der Waals surface area contributed by atoms with E-state index < -0.39 is 10.2 Å². The number of rotatable bonds is 9. The van der Waals surface area contributed by atoms with Gasteiger partial charge in [-0.2, -0.15) is 13.1 Å². The fourth-order valence-electron chi connectivity index (χ4n) is 2.10. The highest BCUT2D eigenvalue weighted by atomic mass is 32.2. The minimum absolute atomic E-state index is 0.0775. The molecule has 0 bridgehead atoms. The summed E-state index contributed by atoms with van der Waals surface area (Å²) in [5, 5.41) is 2.02. The van der Waals surface area contributed by atoms with Gasteiger partial charge in [0.05, 0.1) is 6.04 Å². The number of likely N-dealkylation sites (N-methyl/N-ethyl adjacent to an activating group) is 1. The Bertz CT molecular complexity index is 468. The summed E-state index contributed by atoms with van der Waals surface area (Å²) in [6, 6.07) is 4.02. The van der Waals surface area contributed by atoms with Crippen LogP contribution >= 0.6 is 11.3 Å². The van der Waals surface area contributed by atoms with Crippen molar-refractivity contribution in [1.29, 1.82) is 0 Å². The van der Waals surface area contributed by atoms with Gasteiger partial charge in [-0.3, -0.25) is 4.90 Å². The second-order valence-electron chi connectivity index (χ2n) is 4.88. The van der Waals surface area contributed by atoms with Crippen molar-refractivity contribution in [1.82, 2.24) is 14.3 Å². The smallest absolute Gasteiger partial charge is 0.277 e. The zero-order valence-electron chi connectivity index (χ0n) is 12.6. The fraction of sp³-hybridized carbons (Fsp3) is 0.692. The van der Waals surface area contributed by atoms with Gasteiger partial charge < -0.3 is 0 Å². The first-order chi connectivity index (χ1) is 9.39. The highest BCUT2D eigenvalue weighted by Crippen LogP contribution is 2.24. The van der Waals surface area contributed by atoms with Crippen molar-refractivity contribution in [2.24, 2.45) is 0 Å². The van der Waals surface area contributed by atoms with Crippen molar-refractivity contribution < 1.29 is 8.42 Å². The molecule has 0 fully saturated rings. The molecule has 2 N–H and O–H groups in total. The molecule has 1 rings (SSSR count). The van der Waals surface area contributed by atoms with Crippen LogP contribution in [0.25, 0.3) is 0 Å². The number of nitrogens with zero attached hydrogens (tertiary/aromatic N) is 1. The summed E-state index contributed by atoms with van der Waals surface area (Å²) < 4.78 is 28.9. The van der Waals surface area contributed by atoms with Gasteiger partial charge in [0.2, 0.25) is 0 Å². The van der Waals surface area contributed by atoms with Crippen LogP contribution in [0.5, 0.6) is 0 Å². The van der Waals surface area contributed by atoms with Crippen molar-refractivity contribution in [3.63, 3.8) is 0 Å². The molecule has 0 radical (unpaired) electrons. The fourth-order valence-corrected chi connectivity index (χ4v) is 4.04. The predicted octanol–water partition coefficient (Wildman–Crippen LogP) is 1.96. The minimum atomic E-state index is -3.44. The zero-order chi connectivity index (χ0) is 15.2. The third kappa shape index (κ3) is 5.49. The summed E-state index contributed by atoms with van der Waals surface area (Å²) in [6.45, 7) is 9.94. The average molecular weight is 319 g/mol. The molecule has 1 heterocycles. The van der Waals surface area contributed by atoms with Crippen LogP contribution in [0.3, 0.4) is 0 Å². The quantitative estimate of drug-likeness (QED) is 0.731. The lowest BCUT2D eigenvalue weighted by Crippen LogP contribution is -2.44. The Morgan fingerprint density at radius 3 is 2.40 bits per heavy atom. The lowest BCUT2D eigenvalue weighted by atomic mass is 10.2. The van der Waals surface area contributed by atoms with E-state index in [1.807, 2.05) is 11.4 Å². The second-order valence-corrected chi connectivity index (χ2v) is 7.39. The van der Waals surface area contributed by atoms with Crippen molar-refractivity contribution in [2.75, 3.05) is 19.6 Å². The van der Waals surface area contributed by atoms with Gasteiger partial charge in [0, 0.05) is 17.5 Å². The van der Waals surface area contributed by atoms with Crippen molar-refractivity contribution >= 4 is 21.5 Å². The Kier molecular flexibility index (Phi) is 7.11. The highest BCUT2D eigenvalue weighted by molar-refractivity contribution is 7.87. The molecular weight excluding hydrogens is 294 g/mol. The molecule has 1 aromatic heterocycles. The molecule has 0 amide bonds. The summed E-state index contributed by atoms with van der Waals surface area (Å²) in [5.74, 6) is 0. The van der Waals surface area contributed by atoms with Crippen LogP contribution < -0.4 is 9.44 Å². The average Bonchev–Trinajstić information content (AvgIpc) is 2.86. The third-order valence-corrected chi connectivity index (χ3v) is 5.28. The summed E-state index contributed by atoms with van der Waals surface area (Å²) in [6.07, 6.45) is 0. The Hall–Kier alpha value is -0.470. The minimum Gasteiger partial charge on any atom is -0.295 e. The van der Waals surface area contributed by atoms with Gasteiger partial charge in [-0.05, 0) is 38.4 Å². The van der Waals surface area contributed by atoms with Crippen LogP contribution in [0.1, 0.15) is 38.6 Å². The molecular formula is C13H25N3O2S2. The third-order valence-electron chi connectivity index (χ3n) is 2.98. The molecule has 116 valence electrons. The zero-order valence-corrected chi connectivity index (χ0v) is 14.2. The molecule has 0 aliphatic rings. The Morgan fingerprint density at radius 1 is 1.30 bits per heavy atom. The normalized spacial score (nSPS) is 14.1. The summed E-state index contributed by atoms with van der Waals surface area (Å²) >= 11 is 1.66. The van der Waals surface area contributed by atoms with Gasteiger partial charge in [-0.25, -0.2) is 4.72 Å². The van der Waals surface area contributed by atoms with E-state index in [1.54, 1.807) is 25.2 Å². The number of thiophene rings is 1. The molecule has 20 heavy (non-hydrogen) atoms. The Morgan fingerprint density at radius 2 is 1.95 bits per heavy atom. The topological polar surface area (TPSA) is 61.4 Å². The maximum absolute atomic E-state index is 11.9. The molecule has 0 saturated heterocycles. The molecule has 1 atom stereocenters. The molecule has 0 aliphatic carbocycles. The number of nitrogens with one attached hydrogen (secondary N) is 2. The van der Waals surface area contributed by atoms with Crippen LogP contribution in [0, 0.1) is 0 Å². The summed E-state index contributed by atoms with van der Waals surface area (Å²) in [4.78, 5) is 3.44. The monoisotopic (exact) mass is 319 g/mol. The molecule has 1 aromatic rings. The maximum atomic E-state index is 11.9. The van der Waals surface area contributed by atoms with E-state index in [0.29, 0.717) is 6.54 Å². The highest BCUT2D eigenvalue weighted by Gasteiger charge is 2.21. The molecule has 5 nitrogen and oxygen atoms in total. The van der Waals surface area contributed by atoms with E-state index in [0.717, 1.165) is 13.1 Å². The van der Waals surface area contributed by atoms with Gasteiger partial charge in [-0.15, -0.1) is 11.3 Å². The van der Waals surface area contributed by atoms with E-state index in [-0.39, 0.29) is 12.1 Å². The lowest BCUT2D eigenvalue weighted by molar-refractivity contribution is 0.223. The van der Waals surface area contributed by atoms with Crippen LogP contribution in [-0.2, 0) is 10.2 Å². The lowest BCUT2D eigenvalue weighted by Gasteiger charge is -2.29. The number of hydrogen-bond acceptors (Lipinski definition) is 4. The molecule has 0 saturated carbocycles. The first-order valence-electron chi connectivity index (χ1n) is 6.94. The van der Waals surface area contributed by atoms with Crippen LogP contribution in [0.15, 0.2) is 17.5 Å². The molecule has 0 aromatic carbocycles. The molecule has 1 unspecified atom stereocenters. The van der Waals surface area contributed by atoms with E-state index in [2.05, 4.69) is 34.3 Å². The SMILES string of the molecule is CCN(CC)C(CNS(=O)(=O)NC(C)C)c1cccs1. The van der Waals surface area contributed by atoms with Gasteiger partial charge in [0.25, 0.3) is 10.2 Å². The van der Waals surface area contributed by atoms with E-state index in [1.165, 1.54) is 4.88 Å². The van der Waals surface area contributed by atoms with Crippen LogP contribution in [0.4, 0.5) is 0 Å². The van der Waals surface area contributed by atoms with Crippen molar-refractivity contribution in [3.05, 3.63) is 22.4 Å². The van der Waals surface area contributed by atoms with E-state index >= 15 is 0 Å². The predicted molar refractivity (Wildman–Crippen MR) is 85.2 cm³/mol. The maximum Gasteiger partial charge on any atom is 0.277 e. The second kappa shape index (κ2) is 8.09. The van der Waals surface area contributed by atoms with Gasteiger partial charge in [0.15, 0.2) is 0 Å². The largest absolute Gasteiger partial charge is 0.295 e. The molecule has 7 heteroatoms. The van der Waals surface area contributed by atoms with Gasteiger partial charge in [-0.1, -0.05) is 19.9 Å². The molecule has 0 spiro atoms. The van der Waals surface area contributed by atoms with Crippen molar-refractivity contribution in [2.45, 2.75) is 39.8 Å². The van der Waals surface area contributed by atoms with E-state index in [4.69, 9.17) is 0 Å². The van der Waals surface area contributed by atoms with Gasteiger partial charge >= 0.3 is 0 Å². The van der Waals surface area contributed by atoms with Crippen LogP contribution in [0.2, 0.25) is 0 Å². The first-order valence-corrected chi connectivity index (χ1v) is 9.30. The summed E-state index contributed by atoms with van der Waals surface area (Å²) in [5.41, 5.74) is 0.